The number of nitrogens with one attached hydrogen (secondary N) is 2. The van der Waals surface area contributed by atoms with Crippen LogP contribution in [-0.2, 0) is 4.74 Å². The van der Waals surface area contributed by atoms with Gasteiger partial charge in [0.15, 0.2) is 5.11 Å². The lowest BCUT2D eigenvalue weighted by atomic mass is 10.2. The van der Waals surface area contributed by atoms with Gasteiger partial charge in [-0.25, -0.2) is 4.79 Å². The Morgan fingerprint density at radius 2 is 2.16 bits per heavy atom. The van der Waals surface area contributed by atoms with Crippen molar-refractivity contribution >= 4 is 29.0 Å². The van der Waals surface area contributed by atoms with Gasteiger partial charge >= 0.3 is 5.97 Å². The van der Waals surface area contributed by atoms with Crippen LogP contribution in [0.1, 0.15) is 23.2 Å². The fraction of sp³-hybridized carbons (Fsp3) is 0.385. The van der Waals surface area contributed by atoms with Crippen molar-refractivity contribution in [2.75, 3.05) is 18.5 Å². The van der Waals surface area contributed by atoms with E-state index in [-0.39, 0.29) is 11.7 Å². The van der Waals surface area contributed by atoms with Gasteiger partial charge in [-0.05, 0) is 49.3 Å². The summed E-state index contributed by atoms with van der Waals surface area (Å²) in [7, 11) is 0. The normalized spacial score (nSPS) is 18.0. The quantitative estimate of drug-likeness (QED) is 0.731. The average molecular weight is 280 g/mol. The molecule has 6 heteroatoms. The maximum absolute atomic E-state index is 10.7. The van der Waals surface area contributed by atoms with Crippen LogP contribution < -0.4 is 10.6 Å². The second-order valence-electron chi connectivity index (χ2n) is 4.35. The van der Waals surface area contributed by atoms with Gasteiger partial charge in [0.1, 0.15) is 0 Å². The van der Waals surface area contributed by atoms with Gasteiger partial charge in [-0.3, -0.25) is 0 Å². The van der Waals surface area contributed by atoms with E-state index in [4.69, 9.17) is 22.1 Å². The standard InChI is InChI=1S/C13H16N2O3S/c16-12(17)9-3-5-10(6-4-9)15-13(19)14-8-11-2-1-7-18-11/h3-6,11H,1-2,7-8H2,(H,16,17)(H2,14,15,19). The highest BCUT2D eigenvalue weighted by Gasteiger charge is 2.15. The highest BCUT2D eigenvalue weighted by Crippen LogP contribution is 2.11. The van der Waals surface area contributed by atoms with Crippen molar-refractivity contribution in [3.63, 3.8) is 0 Å². The van der Waals surface area contributed by atoms with Crippen molar-refractivity contribution in [2.45, 2.75) is 18.9 Å². The number of carboxylic acid groups (broad SMARTS) is 1. The zero-order valence-corrected chi connectivity index (χ0v) is 11.2. The molecule has 1 aliphatic rings. The Kier molecular flexibility index (Phi) is 4.70. The van der Waals surface area contributed by atoms with E-state index in [9.17, 15) is 4.79 Å². The summed E-state index contributed by atoms with van der Waals surface area (Å²) in [6, 6.07) is 6.44. The molecule has 3 N–H and O–H groups in total. The molecule has 1 unspecified atom stereocenters. The number of ether oxygens (including phenoxy) is 1. The number of thiocarbonyl (C=S) groups is 1. The number of rotatable bonds is 4. The first-order valence-electron chi connectivity index (χ1n) is 6.15. The minimum atomic E-state index is -0.939. The number of aromatic carboxylic acids is 1. The molecule has 0 spiro atoms. The van der Waals surface area contributed by atoms with Crippen molar-refractivity contribution < 1.29 is 14.6 Å². The Morgan fingerprint density at radius 1 is 1.42 bits per heavy atom. The summed E-state index contributed by atoms with van der Waals surface area (Å²) in [6.45, 7) is 1.52. The Hall–Kier alpha value is -1.66. The molecule has 0 radical (unpaired) electrons. The van der Waals surface area contributed by atoms with E-state index in [1.54, 1.807) is 12.1 Å². The van der Waals surface area contributed by atoms with Crippen molar-refractivity contribution in [3.8, 4) is 0 Å². The van der Waals surface area contributed by atoms with Crippen molar-refractivity contribution in [1.29, 1.82) is 0 Å². The topological polar surface area (TPSA) is 70.6 Å². The lowest BCUT2D eigenvalue weighted by Gasteiger charge is -2.14. The van der Waals surface area contributed by atoms with Gasteiger partial charge < -0.3 is 20.5 Å². The Morgan fingerprint density at radius 3 is 2.74 bits per heavy atom. The highest BCUT2D eigenvalue weighted by molar-refractivity contribution is 7.80. The molecule has 19 heavy (non-hydrogen) atoms. The number of carboxylic acids is 1. The van der Waals surface area contributed by atoms with E-state index in [2.05, 4.69) is 10.6 Å². The molecule has 1 aromatic carbocycles. The number of anilines is 1. The van der Waals surface area contributed by atoms with Gasteiger partial charge in [-0.15, -0.1) is 0 Å². The van der Waals surface area contributed by atoms with E-state index in [0.29, 0.717) is 11.7 Å². The largest absolute Gasteiger partial charge is 0.478 e. The van der Waals surface area contributed by atoms with Crippen LogP contribution in [0.4, 0.5) is 5.69 Å². The van der Waals surface area contributed by atoms with Crippen LogP contribution in [0.3, 0.4) is 0 Å². The molecule has 1 aliphatic heterocycles. The van der Waals surface area contributed by atoms with Crippen LogP contribution in [0, 0.1) is 0 Å². The van der Waals surface area contributed by atoms with Crippen LogP contribution >= 0.6 is 12.2 Å². The highest BCUT2D eigenvalue weighted by atomic mass is 32.1. The fourth-order valence-corrected chi connectivity index (χ4v) is 2.08. The van der Waals surface area contributed by atoms with Crippen molar-refractivity contribution in [3.05, 3.63) is 29.8 Å². The van der Waals surface area contributed by atoms with E-state index in [1.807, 2.05) is 0 Å². The molecule has 0 aromatic heterocycles. The number of benzene rings is 1. The number of hydrogen-bond donors (Lipinski definition) is 3. The summed E-state index contributed by atoms with van der Waals surface area (Å²) in [6.07, 6.45) is 2.39. The second-order valence-corrected chi connectivity index (χ2v) is 4.76. The van der Waals surface area contributed by atoms with Crippen LogP contribution in [0.2, 0.25) is 0 Å². The van der Waals surface area contributed by atoms with Crippen LogP contribution in [0.5, 0.6) is 0 Å². The molecular weight excluding hydrogens is 264 g/mol. The zero-order chi connectivity index (χ0) is 13.7. The average Bonchev–Trinajstić information content (AvgIpc) is 2.90. The molecule has 1 aromatic rings. The van der Waals surface area contributed by atoms with Crippen molar-refractivity contribution in [2.24, 2.45) is 0 Å². The summed E-state index contributed by atoms with van der Waals surface area (Å²) in [5, 5.41) is 15.4. The third kappa shape index (κ3) is 4.18. The van der Waals surface area contributed by atoms with Gasteiger partial charge in [0, 0.05) is 18.8 Å². The van der Waals surface area contributed by atoms with Gasteiger partial charge in [-0.2, -0.15) is 0 Å². The molecule has 0 amide bonds. The van der Waals surface area contributed by atoms with Crippen LogP contribution in [-0.4, -0.2) is 35.4 Å². The maximum atomic E-state index is 10.7. The number of carbonyl (C=O) groups is 1. The summed E-state index contributed by atoms with van der Waals surface area (Å²) < 4.78 is 5.48. The Labute approximate surface area is 117 Å². The molecular formula is C13H16N2O3S. The molecule has 2 rings (SSSR count). The molecule has 0 aliphatic carbocycles. The molecule has 102 valence electrons. The SMILES string of the molecule is O=C(O)c1ccc(NC(=S)NCC2CCCO2)cc1. The first-order chi connectivity index (χ1) is 9.15. The molecule has 5 nitrogen and oxygen atoms in total. The van der Waals surface area contributed by atoms with E-state index in [1.165, 1.54) is 12.1 Å². The monoisotopic (exact) mass is 280 g/mol. The molecule has 0 bridgehead atoms. The number of hydrogen-bond acceptors (Lipinski definition) is 3. The molecule has 1 fully saturated rings. The van der Waals surface area contributed by atoms with Crippen LogP contribution in [0.25, 0.3) is 0 Å². The zero-order valence-electron chi connectivity index (χ0n) is 10.4. The Balaban J connectivity index is 1.79. The molecule has 0 saturated carbocycles. The van der Waals surface area contributed by atoms with E-state index < -0.39 is 5.97 Å². The van der Waals surface area contributed by atoms with Crippen LogP contribution in [0.15, 0.2) is 24.3 Å². The first kappa shape index (κ1) is 13.8. The minimum Gasteiger partial charge on any atom is -0.478 e. The Bertz CT molecular complexity index is 455. The molecule has 1 atom stereocenters. The summed E-state index contributed by atoms with van der Waals surface area (Å²) in [4.78, 5) is 10.7. The summed E-state index contributed by atoms with van der Waals surface area (Å²) in [5.74, 6) is -0.939. The van der Waals surface area contributed by atoms with E-state index in [0.717, 1.165) is 25.1 Å². The first-order valence-corrected chi connectivity index (χ1v) is 6.56. The molecule has 1 heterocycles. The minimum absolute atomic E-state index is 0.231. The summed E-state index contributed by atoms with van der Waals surface area (Å²) in [5.41, 5.74) is 1.01. The summed E-state index contributed by atoms with van der Waals surface area (Å²) >= 11 is 5.16. The third-order valence-corrected chi connectivity index (χ3v) is 3.15. The van der Waals surface area contributed by atoms with E-state index >= 15 is 0 Å². The lowest BCUT2D eigenvalue weighted by molar-refractivity contribution is 0.0697. The maximum Gasteiger partial charge on any atom is 0.335 e. The van der Waals surface area contributed by atoms with Gasteiger partial charge in [0.25, 0.3) is 0 Å². The van der Waals surface area contributed by atoms with Gasteiger partial charge in [0.2, 0.25) is 0 Å². The predicted octanol–water partition coefficient (Wildman–Crippen LogP) is 1.85. The van der Waals surface area contributed by atoms with Crippen molar-refractivity contribution in [1.82, 2.24) is 5.32 Å². The van der Waals surface area contributed by atoms with Gasteiger partial charge in [0.05, 0.1) is 11.7 Å². The van der Waals surface area contributed by atoms with Gasteiger partial charge in [-0.1, -0.05) is 0 Å². The third-order valence-electron chi connectivity index (χ3n) is 2.90. The predicted molar refractivity (Wildman–Crippen MR) is 76.6 cm³/mol. The smallest absolute Gasteiger partial charge is 0.335 e. The molecule has 1 saturated heterocycles. The second kappa shape index (κ2) is 6.49. The lowest BCUT2D eigenvalue weighted by Crippen LogP contribution is -2.34. The fourth-order valence-electron chi connectivity index (χ4n) is 1.88.